The molecule has 0 saturated heterocycles. The third-order valence-electron chi connectivity index (χ3n) is 4.32. The van der Waals surface area contributed by atoms with Crippen molar-refractivity contribution in [2.24, 2.45) is 5.14 Å². The largest absolute Gasteiger partial charge is 0.358 e. The topological polar surface area (TPSA) is 105 Å². The number of aryl methyl sites for hydroxylation is 3. The van der Waals surface area contributed by atoms with Crippen molar-refractivity contribution in [2.75, 3.05) is 5.32 Å². The zero-order valence-corrected chi connectivity index (χ0v) is 15.0. The maximum absolute atomic E-state index is 12.5. The second-order valence-electron chi connectivity index (χ2n) is 6.11. The minimum atomic E-state index is -3.84. The summed E-state index contributed by atoms with van der Waals surface area (Å²) in [4.78, 5) is 15.8. The number of amides is 1. The molecule has 25 heavy (non-hydrogen) atoms. The number of carbonyl (C=O) groups is 1. The van der Waals surface area contributed by atoms with E-state index < -0.39 is 10.0 Å². The van der Waals surface area contributed by atoms with Crippen LogP contribution in [-0.2, 0) is 10.0 Å². The van der Waals surface area contributed by atoms with Gasteiger partial charge in [-0.05, 0) is 62.2 Å². The maximum atomic E-state index is 12.5. The van der Waals surface area contributed by atoms with E-state index in [1.165, 1.54) is 6.07 Å². The molecule has 130 valence electrons. The van der Waals surface area contributed by atoms with Crippen LogP contribution in [0.2, 0.25) is 0 Å². The van der Waals surface area contributed by atoms with Gasteiger partial charge in [-0.1, -0.05) is 6.07 Å². The number of carbonyl (C=O) groups excluding carboxylic acids is 1. The van der Waals surface area contributed by atoms with Crippen molar-refractivity contribution < 1.29 is 13.2 Å². The van der Waals surface area contributed by atoms with Crippen LogP contribution in [0.25, 0.3) is 10.9 Å². The smallest absolute Gasteiger partial charge is 0.255 e. The number of rotatable bonds is 3. The Morgan fingerprint density at radius 3 is 2.48 bits per heavy atom. The molecule has 7 heteroatoms. The number of anilines is 1. The van der Waals surface area contributed by atoms with E-state index in [4.69, 9.17) is 5.14 Å². The summed E-state index contributed by atoms with van der Waals surface area (Å²) in [6, 6.07) is 10.0. The zero-order chi connectivity index (χ0) is 18.4. The molecule has 0 aliphatic rings. The molecule has 3 rings (SSSR count). The summed E-state index contributed by atoms with van der Waals surface area (Å²) >= 11 is 0. The number of nitrogens with two attached hydrogens (primary N) is 1. The molecule has 6 nitrogen and oxygen atoms in total. The van der Waals surface area contributed by atoms with Crippen LogP contribution < -0.4 is 10.5 Å². The lowest BCUT2D eigenvalue weighted by atomic mass is 10.1. The molecule has 3 aromatic rings. The van der Waals surface area contributed by atoms with Crippen molar-refractivity contribution in [2.45, 2.75) is 25.7 Å². The first-order chi connectivity index (χ1) is 11.7. The van der Waals surface area contributed by atoms with Crippen LogP contribution >= 0.6 is 0 Å². The molecular formula is C18H19N3O3S. The Hall–Kier alpha value is -2.64. The Labute approximate surface area is 146 Å². The van der Waals surface area contributed by atoms with Crippen molar-refractivity contribution in [3.63, 3.8) is 0 Å². The number of aromatic nitrogens is 1. The van der Waals surface area contributed by atoms with Gasteiger partial charge in [0.15, 0.2) is 0 Å². The molecule has 0 bridgehead atoms. The molecule has 0 aliphatic heterocycles. The van der Waals surface area contributed by atoms with Crippen LogP contribution in [0, 0.1) is 20.8 Å². The van der Waals surface area contributed by atoms with Gasteiger partial charge in [0.25, 0.3) is 5.91 Å². The lowest BCUT2D eigenvalue weighted by molar-refractivity contribution is 0.102. The molecule has 1 amide bonds. The summed E-state index contributed by atoms with van der Waals surface area (Å²) < 4.78 is 23.2. The molecule has 0 spiro atoms. The summed E-state index contributed by atoms with van der Waals surface area (Å²) in [5, 5.41) is 8.91. The van der Waals surface area contributed by atoms with Gasteiger partial charge in [0.2, 0.25) is 10.0 Å². The second kappa shape index (κ2) is 6.02. The minimum Gasteiger partial charge on any atom is -0.358 e. The number of H-pyrrole nitrogens is 1. The lowest BCUT2D eigenvalue weighted by Crippen LogP contribution is -2.16. The Balaban J connectivity index is 1.94. The molecule has 0 fully saturated rings. The SMILES string of the molecule is Cc1ccc(NC(=O)c2ccc3[nH]c(C)c(C)c3c2)cc1S(N)(=O)=O. The molecular weight excluding hydrogens is 338 g/mol. The number of sulfonamides is 1. The summed E-state index contributed by atoms with van der Waals surface area (Å²) in [5.74, 6) is -0.315. The molecule has 1 heterocycles. The highest BCUT2D eigenvalue weighted by Gasteiger charge is 2.14. The summed E-state index contributed by atoms with van der Waals surface area (Å²) in [6.45, 7) is 5.63. The number of primary sulfonamides is 1. The Bertz CT molecular complexity index is 1100. The van der Waals surface area contributed by atoms with Gasteiger partial charge in [0.05, 0.1) is 4.90 Å². The molecule has 0 aliphatic carbocycles. The first kappa shape index (κ1) is 17.2. The molecule has 0 saturated carbocycles. The molecule has 4 N–H and O–H groups in total. The highest BCUT2D eigenvalue weighted by atomic mass is 32.2. The van der Waals surface area contributed by atoms with Crippen LogP contribution in [0.4, 0.5) is 5.69 Å². The predicted octanol–water partition coefficient (Wildman–Crippen LogP) is 2.99. The molecule has 0 atom stereocenters. The third kappa shape index (κ3) is 3.29. The first-order valence-corrected chi connectivity index (χ1v) is 9.25. The first-order valence-electron chi connectivity index (χ1n) is 7.70. The van der Waals surface area contributed by atoms with Gasteiger partial charge in [0, 0.05) is 27.8 Å². The fourth-order valence-corrected chi connectivity index (χ4v) is 3.60. The van der Waals surface area contributed by atoms with Crippen molar-refractivity contribution in [3.8, 4) is 0 Å². The predicted molar refractivity (Wildman–Crippen MR) is 98.3 cm³/mol. The second-order valence-corrected chi connectivity index (χ2v) is 7.64. The Morgan fingerprint density at radius 2 is 1.80 bits per heavy atom. The average molecular weight is 357 g/mol. The van der Waals surface area contributed by atoms with E-state index in [0.29, 0.717) is 16.8 Å². The highest BCUT2D eigenvalue weighted by molar-refractivity contribution is 7.89. The van der Waals surface area contributed by atoms with E-state index in [0.717, 1.165) is 22.2 Å². The molecule has 0 radical (unpaired) electrons. The van der Waals surface area contributed by atoms with E-state index in [-0.39, 0.29) is 10.8 Å². The van der Waals surface area contributed by atoms with E-state index in [1.54, 1.807) is 25.1 Å². The number of aromatic amines is 1. The Morgan fingerprint density at radius 1 is 1.08 bits per heavy atom. The maximum Gasteiger partial charge on any atom is 0.255 e. The van der Waals surface area contributed by atoms with Gasteiger partial charge in [0.1, 0.15) is 0 Å². The van der Waals surface area contributed by atoms with Crippen LogP contribution in [0.3, 0.4) is 0 Å². The van der Waals surface area contributed by atoms with Crippen LogP contribution in [-0.4, -0.2) is 19.3 Å². The number of hydrogen-bond acceptors (Lipinski definition) is 3. The molecule has 0 unspecified atom stereocenters. The van der Waals surface area contributed by atoms with E-state index in [9.17, 15) is 13.2 Å². The number of hydrogen-bond donors (Lipinski definition) is 3. The summed E-state index contributed by atoms with van der Waals surface area (Å²) in [6.07, 6.45) is 0. The van der Waals surface area contributed by atoms with E-state index in [1.807, 2.05) is 26.0 Å². The van der Waals surface area contributed by atoms with Gasteiger partial charge in [-0.3, -0.25) is 4.79 Å². The third-order valence-corrected chi connectivity index (χ3v) is 5.38. The van der Waals surface area contributed by atoms with E-state index >= 15 is 0 Å². The van der Waals surface area contributed by atoms with Gasteiger partial charge < -0.3 is 10.3 Å². The summed E-state index contributed by atoms with van der Waals surface area (Å²) in [5.41, 5.74) is 4.52. The van der Waals surface area contributed by atoms with E-state index in [2.05, 4.69) is 10.3 Å². The van der Waals surface area contributed by atoms with Gasteiger partial charge >= 0.3 is 0 Å². The lowest BCUT2D eigenvalue weighted by Gasteiger charge is -2.09. The van der Waals surface area contributed by atoms with Gasteiger partial charge in [-0.2, -0.15) is 0 Å². The fraction of sp³-hybridized carbons (Fsp3) is 0.167. The zero-order valence-electron chi connectivity index (χ0n) is 14.2. The van der Waals surface area contributed by atoms with Crippen molar-refractivity contribution in [3.05, 3.63) is 58.8 Å². The van der Waals surface area contributed by atoms with Crippen LogP contribution in [0.15, 0.2) is 41.3 Å². The average Bonchev–Trinajstić information content (AvgIpc) is 2.82. The number of fused-ring (bicyclic) bond motifs is 1. The van der Waals surface area contributed by atoms with Crippen LogP contribution in [0.1, 0.15) is 27.2 Å². The standard InChI is InChI=1S/C18H19N3O3S/c1-10-4-6-14(9-17(10)25(19,23)24)21-18(22)13-5-7-16-15(8-13)11(2)12(3)20-16/h4-9,20H,1-3H3,(H,21,22)(H2,19,23,24). The highest BCUT2D eigenvalue weighted by Crippen LogP contribution is 2.24. The fourth-order valence-electron chi connectivity index (χ4n) is 2.79. The van der Waals surface area contributed by atoms with Crippen LogP contribution in [0.5, 0.6) is 0 Å². The quantitative estimate of drug-likeness (QED) is 0.671. The normalized spacial score (nSPS) is 11.7. The summed E-state index contributed by atoms with van der Waals surface area (Å²) in [7, 11) is -3.84. The molecule has 1 aromatic heterocycles. The monoisotopic (exact) mass is 357 g/mol. The molecule has 2 aromatic carbocycles. The van der Waals surface area contributed by atoms with Gasteiger partial charge in [-0.25, -0.2) is 13.6 Å². The Kier molecular flexibility index (Phi) is 4.14. The van der Waals surface area contributed by atoms with Crippen molar-refractivity contribution in [1.29, 1.82) is 0 Å². The minimum absolute atomic E-state index is 0.00199. The van der Waals surface area contributed by atoms with Crippen molar-refractivity contribution >= 4 is 32.5 Å². The van der Waals surface area contributed by atoms with Gasteiger partial charge in [-0.15, -0.1) is 0 Å². The number of benzene rings is 2. The number of nitrogens with one attached hydrogen (secondary N) is 2. The van der Waals surface area contributed by atoms with Crippen molar-refractivity contribution in [1.82, 2.24) is 4.98 Å².